The molecule has 0 unspecified atom stereocenters. The van der Waals surface area contributed by atoms with Crippen molar-refractivity contribution in [2.45, 2.75) is 25.2 Å². The summed E-state index contributed by atoms with van der Waals surface area (Å²) in [6.07, 6.45) is 4.92. The minimum Gasteiger partial charge on any atom is -0.370 e. The summed E-state index contributed by atoms with van der Waals surface area (Å²) in [5.74, 6) is -0.919. The molecule has 2 aliphatic heterocycles. The van der Waals surface area contributed by atoms with Crippen LogP contribution in [0.3, 0.4) is 0 Å². The van der Waals surface area contributed by atoms with Crippen molar-refractivity contribution in [3.05, 3.63) is 59.7 Å². The number of ether oxygens (including phenoxy) is 2. The third-order valence-corrected chi connectivity index (χ3v) is 5.06. The average molecular weight is 371 g/mol. The maximum atomic E-state index is 13.0. The van der Waals surface area contributed by atoms with Crippen LogP contribution in [0, 0.1) is 5.82 Å². The fourth-order valence-corrected chi connectivity index (χ4v) is 3.50. The molecule has 0 saturated carbocycles. The molecule has 142 valence electrons. The minimum atomic E-state index is -0.423. The highest BCUT2D eigenvalue weighted by atomic mass is 19.1. The van der Waals surface area contributed by atoms with Crippen LogP contribution in [0.1, 0.15) is 28.8 Å². The Hall–Kier alpha value is -2.51. The molecule has 1 N–H and O–H groups in total. The molecule has 0 radical (unpaired) electrons. The Morgan fingerprint density at radius 1 is 1.15 bits per heavy atom. The average Bonchev–Trinajstić information content (AvgIpc) is 3.16. The van der Waals surface area contributed by atoms with Crippen LogP contribution >= 0.6 is 0 Å². The molecule has 1 aromatic carbocycles. The molecule has 3 heterocycles. The number of benzene rings is 1. The van der Waals surface area contributed by atoms with Crippen LogP contribution in [-0.4, -0.2) is 43.0 Å². The van der Waals surface area contributed by atoms with E-state index >= 15 is 0 Å². The highest BCUT2D eigenvalue weighted by molar-refractivity contribution is 5.94. The molecule has 1 aromatic heterocycles. The summed E-state index contributed by atoms with van der Waals surface area (Å²) in [6, 6.07) is 7.92. The van der Waals surface area contributed by atoms with E-state index in [4.69, 9.17) is 9.47 Å². The smallest absolute Gasteiger partial charge is 0.253 e. The Morgan fingerprint density at radius 2 is 1.85 bits per heavy atom. The third kappa shape index (κ3) is 4.09. The number of rotatable bonds is 4. The fraction of sp³-hybridized carbons (Fsp3) is 0.400. The molecular weight excluding hydrogens is 349 g/mol. The predicted octanol–water partition coefficient (Wildman–Crippen LogP) is 2.49. The lowest BCUT2D eigenvalue weighted by atomic mass is 10.0. The molecule has 2 aromatic rings. The number of piperidine rings is 1. The summed E-state index contributed by atoms with van der Waals surface area (Å²) in [6.45, 7) is 3.24. The molecule has 1 spiro atoms. The van der Waals surface area contributed by atoms with Crippen LogP contribution in [0.4, 0.5) is 10.1 Å². The lowest BCUT2D eigenvalue weighted by molar-refractivity contribution is -0.169. The van der Waals surface area contributed by atoms with Gasteiger partial charge in [-0.3, -0.25) is 9.78 Å². The zero-order valence-electron chi connectivity index (χ0n) is 15.0. The van der Waals surface area contributed by atoms with E-state index in [-0.39, 0.29) is 11.7 Å². The van der Waals surface area contributed by atoms with Crippen molar-refractivity contribution >= 4 is 11.6 Å². The lowest BCUT2D eigenvalue weighted by Crippen LogP contribution is -2.45. The van der Waals surface area contributed by atoms with Gasteiger partial charge in [0.2, 0.25) is 0 Å². The number of nitrogens with zero attached hydrogens (tertiary/aromatic N) is 2. The molecule has 4 rings (SSSR count). The van der Waals surface area contributed by atoms with E-state index in [2.05, 4.69) is 15.2 Å². The Labute approximate surface area is 157 Å². The molecule has 2 saturated heterocycles. The van der Waals surface area contributed by atoms with Crippen molar-refractivity contribution in [2.24, 2.45) is 0 Å². The van der Waals surface area contributed by atoms with E-state index in [1.54, 1.807) is 24.5 Å². The van der Waals surface area contributed by atoms with Crippen molar-refractivity contribution in [2.75, 3.05) is 31.2 Å². The monoisotopic (exact) mass is 371 g/mol. The second kappa shape index (κ2) is 7.62. The number of carbonyl (C=O) groups is 1. The van der Waals surface area contributed by atoms with Crippen molar-refractivity contribution in [3.8, 4) is 0 Å². The fourth-order valence-electron chi connectivity index (χ4n) is 3.50. The summed E-state index contributed by atoms with van der Waals surface area (Å²) in [5, 5.41) is 2.84. The van der Waals surface area contributed by atoms with Gasteiger partial charge in [-0.05, 0) is 23.8 Å². The zero-order valence-corrected chi connectivity index (χ0v) is 15.0. The molecule has 2 aliphatic rings. The Bertz CT molecular complexity index is 796. The first-order valence-corrected chi connectivity index (χ1v) is 9.14. The first kappa shape index (κ1) is 17.9. The summed E-state index contributed by atoms with van der Waals surface area (Å²) in [5.41, 5.74) is 2.26. The number of anilines is 1. The van der Waals surface area contributed by atoms with E-state index < -0.39 is 5.79 Å². The number of amides is 1. The molecule has 27 heavy (non-hydrogen) atoms. The highest BCUT2D eigenvalue weighted by Crippen LogP contribution is 2.33. The number of carbonyl (C=O) groups excluding carboxylic acids is 1. The molecule has 2 fully saturated rings. The molecule has 0 aliphatic carbocycles. The number of halogens is 1. The maximum Gasteiger partial charge on any atom is 0.253 e. The van der Waals surface area contributed by atoms with Crippen molar-refractivity contribution in [1.29, 1.82) is 0 Å². The van der Waals surface area contributed by atoms with E-state index in [1.165, 1.54) is 12.1 Å². The van der Waals surface area contributed by atoms with E-state index in [1.807, 2.05) is 6.07 Å². The van der Waals surface area contributed by atoms with E-state index in [0.717, 1.165) is 37.2 Å². The number of pyridine rings is 1. The molecule has 1 amide bonds. The number of aromatic nitrogens is 1. The second-order valence-electron chi connectivity index (χ2n) is 6.84. The van der Waals surface area contributed by atoms with Crippen LogP contribution in [0.2, 0.25) is 0 Å². The zero-order chi connectivity index (χ0) is 18.7. The quantitative estimate of drug-likeness (QED) is 0.895. The van der Waals surface area contributed by atoms with Gasteiger partial charge in [0.1, 0.15) is 5.82 Å². The Morgan fingerprint density at radius 3 is 2.56 bits per heavy atom. The van der Waals surface area contributed by atoms with Gasteiger partial charge in [0.15, 0.2) is 5.79 Å². The topological polar surface area (TPSA) is 63.7 Å². The molecule has 0 bridgehead atoms. The Kier molecular flexibility index (Phi) is 5.05. The number of hydrogen-bond donors (Lipinski definition) is 1. The van der Waals surface area contributed by atoms with Crippen molar-refractivity contribution in [3.63, 3.8) is 0 Å². The van der Waals surface area contributed by atoms with Crippen LogP contribution in [0.5, 0.6) is 0 Å². The molecule has 6 nitrogen and oxygen atoms in total. The second-order valence-corrected chi connectivity index (χ2v) is 6.84. The summed E-state index contributed by atoms with van der Waals surface area (Å²) >= 11 is 0. The van der Waals surface area contributed by atoms with Gasteiger partial charge in [0, 0.05) is 38.7 Å². The molecule has 7 heteroatoms. The van der Waals surface area contributed by atoms with Gasteiger partial charge < -0.3 is 19.7 Å². The highest BCUT2D eigenvalue weighted by Gasteiger charge is 2.39. The van der Waals surface area contributed by atoms with Gasteiger partial charge in [0.25, 0.3) is 5.91 Å². The van der Waals surface area contributed by atoms with Gasteiger partial charge >= 0.3 is 0 Å². The molecule has 0 atom stereocenters. The minimum absolute atomic E-state index is 0.204. The van der Waals surface area contributed by atoms with Crippen molar-refractivity contribution < 1.29 is 18.7 Å². The summed E-state index contributed by atoms with van der Waals surface area (Å²) in [7, 11) is 0. The van der Waals surface area contributed by atoms with Gasteiger partial charge in [0.05, 0.1) is 30.7 Å². The van der Waals surface area contributed by atoms with Crippen LogP contribution in [-0.2, 0) is 16.0 Å². The number of hydrogen-bond acceptors (Lipinski definition) is 5. The first-order chi connectivity index (χ1) is 13.1. The van der Waals surface area contributed by atoms with Crippen molar-refractivity contribution in [1.82, 2.24) is 10.3 Å². The van der Waals surface area contributed by atoms with Gasteiger partial charge in [-0.1, -0.05) is 12.1 Å². The largest absolute Gasteiger partial charge is 0.370 e. The van der Waals surface area contributed by atoms with E-state index in [9.17, 15) is 9.18 Å². The first-order valence-electron chi connectivity index (χ1n) is 9.14. The van der Waals surface area contributed by atoms with Crippen LogP contribution in [0.25, 0.3) is 0 Å². The maximum absolute atomic E-state index is 13.0. The summed E-state index contributed by atoms with van der Waals surface area (Å²) < 4.78 is 24.5. The van der Waals surface area contributed by atoms with Gasteiger partial charge in [-0.15, -0.1) is 0 Å². The lowest BCUT2D eigenvalue weighted by Gasteiger charge is -2.38. The normalized spacial score (nSPS) is 18.6. The van der Waals surface area contributed by atoms with Gasteiger partial charge in [-0.2, -0.15) is 0 Å². The number of nitrogens with one attached hydrogen (secondary N) is 1. The van der Waals surface area contributed by atoms with Crippen LogP contribution < -0.4 is 10.2 Å². The predicted molar refractivity (Wildman–Crippen MR) is 97.9 cm³/mol. The van der Waals surface area contributed by atoms with Gasteiger partial charge in [-0.25, -0.2) is 4.39 Å². The SMILES string of the molecule is O=C(NCc1ccc(F)cc1)c1cncc(N2CCC3(CC2)OCCO3)c1. The third-order valence-electron chi connectivity index (χ3n) is 5.06. The standard InChI is InChI=1S/C20H22FN3O3/c21-17-3-1-15(2-4-17)12-23-19(25)16-11-18(14-22-13-16)24-7-5-20(6-8-24)26-9-10-27-20/h1-4,11,13-14H,5-10,12H2,(H,23,25). The van der Waals surface area contributed by atoms with Crippen LogP contribution in [0.15, 0.2) is 42.7 Å². The summed E-state index contributed by atoms with van der Waals surface area (Å²) in [4.78, 5) is 18.9. The van der Waals surface area contributed by atoms with E-state index in [0.29, 0.717) is 25.3 Å². The molecular formula is C20H22FN3O3. The Balaban J connectivity index is 1.37.